The summed E-state index contributed by atoms with van der Waals surface area (Å²) < 4.78 is 7.44. The van der Waals surface area contributed by atoms with Gasteiger partial charge in [0, 0.05) is 24.2 Å². The Hall–Kier alpha value is -2.30. The van der Waals surface area contributed by atoms with Gasteiger partial charge in [-0.3, -0.25) is 4.79 Å². The number of carbonyl (C=O) groups is 1. The molecular formula is C17H20N2O3. The van der Waals surface area contributed by atoms with Gasteiger partial charge in [-0.05, 0) is 44.0 Å². The van der Waals surface area contributed by atoms with Crippen LogP contribution in [0, 0.1) is 19.8 Å². The second kappa shape index (κ2) is 5.48. The first kappa shape index (κ1) is 14.6. The summed E-state index contributed by atoms with van der Waals surface area (Å²) in [5.74, 6) is 0.685. The van der Waals surface area contributed by atoms with Gasteiger partial charge in [0.05, 0.1) is 18.7 Å². The lowest BCUT2D eigenvalue weighted by Crippen LogP contribution is -2.26. The standard InChI is InChI=1S/C17H20N2O3/c1-10-8-12(4-5-14(10)22-3)16-11(2)19-7-6-13(17(20)21)9-15(19)18-16/h4-5,8,13H,6-7,9H2,1-3H3,(H,20,21). The lowest BCUT2D eigenvalue weighted by molar-refractivity contribution is -0.142. The molecule has 1 aliphatic rings. The zero-order valence-corrected chi connectivity index (χ0v) is 13.1. The summed E-state index contributed by atoms with van der Waals surface area (Å²) in [5.41, 5.74) is 4.15. The van der Waals surface area contributed by atoms with Gasteiger partial charge >= 0.3 is 5.97 Å². The van der Waals surface area contributed by atoms with Crippen LogP contribution in [-0.4, -0.2) is 27.7 Å². The van der Waals surface area contributed by atoms with Gasteiger partial charge in [-0.1, -0.05) is 0 Å². The van der Waals surface area contributed by atoms with Gasteiger partial charge < -0.3 is 14.4 Å². The van der Waals surface area contributed by atoms with E-state index >= 15 is 0 Å². The Labute approximate surface area is 129 Å². The smallest absolute Gasteiger partial charge is 0.307 e. The summed E-state index contributed by atoms with van der Waals surface area (Å²) in [5, 5.41) is 9.20. The van der Waals surface area contributed by atoms with Crippen LogP contribution >= 0.6 is 0 Å². The number of benzene rings is 1. The Morgan fingerprint density at radius 1 is 1.41 bits per heavy atom. The minimum atomic E-state index is -0.728. The van der Waals surface area contributed by atoms with E-state index in [0.29, 0.717) is 12.8 Å². The Bertz CT molecular complexity index is 734. The van der Waals surface area contributed by atoms with Crippen molar-refractivity contribution in [3.8, 4) is 17.0 Å². The molecule has 1 N–H and O–H groups in total. The summed E-state index contributed by atoms with van der Waals surface area (Å²) in [6, 6.07) is 6.01. The number of hydrogen-bond donors (Lipinski definition) is 1. The van der Waals surface area contributed by atoms with Crippen LogP contribution in [0.3, 0.4) is 0 Å². The van der Waals surface area contributed by atoms with Crippen molar-refractivity contribution in [3.63, 3.8) is 0 Å². The van der Waals surface area contributed by atoms with E-state index in [9.17, 15) is 9.90 Å². The van der Waals surface area contributed by atoms with E-state index in [1.54, 1.807) is 7.11 Å². The molecule has 2 aromatic rings. The third-order valence-electron chi connectivity index (χ3n) is 4.45. The number of imidazole rings is 1. The molecule has 5 nitrogen and oxygen atoms in total. The predicted octanol–water partition coefficient (Wildman–Crippen LogP) is 2.82. The van der Waals surface area contributed by atoms with E-state index in [0.717, 1.165) is 40.6 Å². The van der Waals surface area contributed by atoms with Gasteiger partial charge in [0.2, 0.25) is 0 Å². The van der Waals surface area contributed by atoms with Crippen LogP contribution in [0.25, 0.3) is 11.3 Å². The van der Waals surface area contributed by atoms with Crippen molar-refractivity contribution in [1.82, 2.24) is 9.55 Å². The molecule has 3 rings (SSSR count). The summed E-state index contributed by atoms with van der Waals surface area (Å²) in [6.45, 7) is 4.78. The molecule has 1 unspecified atom stereocenters. The fraction of sp³-hybridized carbons (Fsp3) is 0.412. The van der Waals surface area contributed by atoms with Gasteiger partial charge in [-0.2, -0.15) is 0 Å². The molecule has 0 bridgehead atoms. The molecule has 5 heteroatoms. The maximum atomic E-state index is 11.2. The van der Waals surface area contributed by atoms with E-state index in [2.05, 4.69) is 10.6 Å². The molecule has 0 saturated carbocycles. The van der Waals surface area contributed by atoms with E-state index in [-0.39, 0.29) is 5.92 Å². The van der Waals surface area contributed by atoms with Gasteiger partial charge in [-0.15, -0.1) is 0 Å². The number of carboxylic acid groups (broad SMARTS) is 1. The summed E-state index contributed by atoms with van der Waals surface area (Å²) in [6.07, 6.45) is 1.17. The highest BCUT2D eigenvalue weighted by Crippen LogP contribution is 2.31. The Morgan fingerprint density at radius 3 is 2.82 bits per heavy atom. The fourth-order valence-electron chi connectivity index (χ4n) is 3.16. The predicted molar refractivity (Wildman–Crippen MR) is 83.1 cm³/mol. The van der Waals surface area contributed by atoms with E-state index in [1.165, 1.54) is 0 Å². The van der Waals surface area contributed by atoms with Crippen LogP contribution in [0.5, 0.6) is 5.75 Å². The maximum absolute atomic E-state index is 11.2. The number of ether oxygens (including phenoxy) is 1. The quantitative estimate of drug-likeness (QED) is 0.946. The summed E-state index contributed by atoms with van der Waals surface area (Å²) in [7, 11) is 1.66. The van der Waals surface area contributed by atoms with Crippen LogP contribution < -0.4 is 4.74 Å². The van der Waals surface area contributed by atoms with E-state index in [4.69, 9.17) is 9.72 Å². The lowest BCUT2D eigenvalue weighted by atomic mass is 9.98. The zero-order chi connectivity index (χ0) is 15.9. The number of fused-ring (bicyclic) bond motifs is 1. The molecule has 1 aliphatic heterocycles. The molecule has 0 aliphatic carbocycles. The average Bonchev–Trinajstić information content (AvgIpc) is 2.83. The third kappa shape index (κ3) is 2.36. The molecule has 0 radical (unpaired) electrons. The topological polar surface area (TPSA) is 64.4 Å². The minimum Gasteiger partial charge on any atom is -0.496 e. The Balaban J connectivity index is 2.00. The van der Waals surface area contributed by atoms with Crippen molar-refractivity contribution < 1.29 is 14.6 Å². The summed E-state index contributed by atoms with van der Waals surface area (Å²) >= 11 is 0. The van der Waals surface area contributed by atoms with Crippen molar-refractivity contribution >= 4 is 5.97 Å². The minimum absolute atomic E-state index is 0.320. The number of nitrogens with zero attached hydrogens (tertiary/aromatic N) is 2. The van der Waals surface area contributed by atoms with Crippen molar-refractivity contribution in [3.05, 3.63) is 35.3 Å². The largest absolute Gasteiger partial charge is 0.496 e. The number of methoxy groups -OCH3 is 1. The number of aliphatic carboxylic acids is 1. The molecule has 0 saturated heterocycles. The zero-order valence-electron chi connectivity index (χ0n) is 13.1. The van der Waals surface area contributed by atoms with Gasteiger partial charge in [0.15, 0.2) is 0 Å². The van der Waals surface area contributed by atoms with Crippen molar-refractivity contribution in [2.75, 3.05) is 7.11 Å². The number of rotatable bonds is 3. The number of aromatic nitrogens is 2. The molecule has 0 spiro atoms. The first-order chi connectivity index (χ1) is 10.5. The van der Waals surface area contributed by atoms with Crippen molar-refractivity contribution in [2.45, 2.75) is 33.2 Å². The van der Waals surface area contributed by atoms with Crippen LogP contribution in [0.4, 0.5) is 0 Å². The van der Waals surface area contributed by atoms with Crippen LogP contribution in [-0.2, 0) is 17.8 Å². The fourth-order valence-corrected chi connectivity index (χ4v) is 3.16. The van der Waals surface area contributed by atoms with Crippen LogP contribution in [0.2, 0.25) is 0 Å². The van der Waals surface area contributed by atoms with E-state index < -0.39 is 5.97 Å². The second-order valence-corrected chi connectivity index (χ2v) is 5.83. The van der Waals surface area contributed by atoms with Crippen LogP contribution in [0.15, 0.2) is 18.2 Å². The van der Waals surface area contributed by atoms with Gasteiger partial charge in [0.1, 0.15) is 11.6 Å². The number of carboxylic acids is 1. The summed E-state index contributed by atoms with van der Waals surface area (Å²) in [4.78, 5) is 15.9. The third-order valence-corrected chi connectivity index (χ3v) is 4.45. The SMILES string of the molecule is COc1ccc(-c2nc3n(c2C)CCC(C(=O)O)C3)cc1C. The van der Waals surface area contributed by atoms with Crippen LogP contribution in [0.1, 0.15) is 23.5 Å². The normalized spacial score (nSPS) is 17.1. The monoisotopic (exact) mass is 300 g/mol. The molecule has 116 valence electrons. The molecule has 2 heterocycles. The lowest BCUT2D eigenvalue weighted by Gasteiger charge is -2.20. The Kier molecular flexibility index (Phi) is 3.64. The first-order valence-corrected chi connectivity index (χ1v) is 7.45. The molecule has 0 amide bonds. The second-order valence-electron chi connectivity index (χ2n) is 5.83. The van der Waals surface area contributed by atoms with Gasteiger partial charge in [-0.25, -0.2) is 4.98 Å². The van der Waals surface area contributed by atoms with Crippen molar-refractivity contribution in [1.29, 1.82) is 0 Å². The molecule has 1 aromatic carbocycles. The van der Waals surface area contributed by atoms with Gasteiger partial charge in [0.25, 0.3) is 0 Å². The highest BCUT2D eigenvalue weighted by molar-refractivity contribution is 5.71. The Morgan fingerprint density at radius 2 is 2.18 bits per heavy atom. The molecule has 1 aromatic heterocycles. The maximum Gasteiger partial charge on any atom is 0.307 e. The van der Waals surface area contributed by atoms with Crippen molar-refractivity contribution in [2.24, 2.45) is 5.92 Å². The molecule has 1 atom stereocenters. The number of aryl methyl sites for hydroxylation is 1. The highest BCUT2D eigenvalue weighted by atomic mass is 16.5. The first-order valence-electron chi connectivity index (χ1n) is 7.45. The highest BCUT2D eigenvalue weighted by Gasteiger charge is 2.27. The molecule has 22 heavy (non-hydrogen) atoms. The average molecular weight is 300 g/mol. The number of hydrogen-bond acceptors (Lipinski definition) is 3. The molecular weight excluding hydrogens is 280 g/mol. The molecule has 0 fully saturated rings. The van der Waals surface area contributed by atoms with E-state index in [1.807, 2.05) is 26.0 Å².